The molecule has 0 fully saturated rings. The molecule has 3 heterocycles. The fraction of sp³-hybridized carbons (Fsp3) is 0.190. The van der Waals surface area contributed by atoms with Crippen LogP contribution in [0.3, 0.4) is 0 Å². The Hall–Kier alpha value is -3.80. The summed E-state index contributed by atoms with van der Waals surface area (Å²) in [6, 6.07) is 6.86. The van der Waals surface area contributed by atoms with Crippen LogP contribution in [0, 0.1) is 0 Å². The molecule has 4 rings (SSSR count). The Balaban J connectivity index is 1.71. The number of rotatable bonds is 3. The summed E-state index contributed by atoms with van der Waals surface area (Å²) in [6.45, 7) is 1.06. The van der Waals surface area contributed by atoms with Crippen molar-refractivity contribution in [1.29, 1.82) is 0 Å². The average molecular weight is 474 g/mol. The lowest BCUT2D eigenvalue weighted by atomic mass is 10.1. The summed E-state index contributed by atoms with van der Waals surface area (Å²) in [5, 5.41) is 3.62. The number of benzene rings is 1. The van der Waals surface area contributed by atoms with Gasteiger partial charge in [0.2, 0.25) is 5.91 Å². The highest BCUT2D eigenvalue weighted by Gasteiger charge is 2.31. The third-order valence-electron chi connectivity index (χ3n) is 5.09. The number of nitrogens with two attached hydrogens (primary N) is 1. The number of alkyl halides is 3. The van der Waals surface area contributed by atoms with Crippen molar-refractivity contribution in [3.05, 3.63) is 59.5 Å². The summed E-state index contributed by atoms with van der Waals surface area (Å²) in [6.07, 6.45) is -2.19. The molecule has 2 N–H and O–H groups in total. The highest BCUT2D eigenvalue weighted by molar-refractivity contribution is 7.14. The maximum absolute atomic E-state index is 13.4. The number of hydrogen-bond donors (Lipinski definition) is 1. The average Bonchev–Trinajstić information content (AvgIpc) is 3.27. The van der Waals surface area contributed by atoms with E-state index in [9.17, 15) is 22.8 Å². The summed E-state index contributed by atoms with van der Waals surface area (Å²) >= 11 is 1.19. The molecule has 0 aliphatic heterocycles. The molecular weight excluding hydrogens is 457 g/mol. The summed E-state index contributed by atoms with van der Waals surface area (Å²) in [5.41, 5.74) is 6.08. The number of aromatic nitrogens is 3. The van der Waals surface area contributed by atoms with E-state index in [-0.39, 0.29) is 17.8 Å². The summed E-state index contributed by atoms with van der Waals surface area (Å²) in [7, 11) is 1.40. The van der Waals surface area contributed by atoms with E-state index in [1.165, 1.54) is 31.6 Å². The predicted molar refractivity (Wildman–Crippen MR) is 117 cm³/mol. The van der Waals surface area contributed by atoms with Gasteiger partial charge in [-0.25, -0.2) is 9.99 Å². The normalized spacial score (nSPS) is 11.7. The van der Waals surface area contributed by atoms with Gasteiger partial charge in [-0.2, -0.15) is 17.5 Å². The van der Waals surface area contributed by atoms with Gasteiger partial charge in [0.05, 0.1) is 28.0 Å². The maximum Gasteiger partial charge on any atom is 0.417 e. The highest BCUT2D eigenvalue weighted by atomic mass is 32.1. The first-order valence-electron chi connectivity index (χ1n) is 9.58. The van der Waals surface area contributed by atoms with E-state index in [2.05, 4.69) is 14.3 Å². The zero-order chi connectivity index (χ0) is 23.9. The number of carbonyl (C=O) groups excluding carboxylic acids is 2. The standard InChI is InChI=1S/C21H17F3N6O2S/c1-11(31)29(2)30(10-14-5-4-13(8-26-14)21(22,23)24)20(32)12-3-6-17-15(7-12)16-9-27-33-18(16)19(25)28-17/h3-9H,10H2,1-2H3,(H2,25,28). The van der Waals surface area contributed by atoms with Crippen LogP contribution < -0.4 is 5.73 Å². The minimum Gasteiger partial charge on any atom is -0.382 e. The molecule has 0 saturated heterocycles. The van der Waals surface area contributed by atoms with Gasteiger partial charge in [0.25, 0.3) is 5.91 Å². The zero-order valence-electron chi connectivity index (χ0n) is 17.4. The number of amides is 2. The smallest absolute Gasteiger partial charge is 0.382 e. The Morgan fingerprint density at radius 2 is 1.88 bits per heavy atom. The Kier molecular flexibility index (Phi) is 5.62. The van der Waals surface area contributed by atoms with Crippen molar-refractivity contribution >= 4 is 50.2 Å². The number of fused-ring (bicyclic) bond motifs is 3. The van der Waals surface area contributed by atoms with Crippen LogP contribution in [0.15, 0.2) is 42.7 Å². The number of hydrazine groups is 1. The van der Waals surface area contributed by atoms with Crippen molar-refractivity contribution in [2.24, 2.45) is 0 Å². The van der Waals surface area contributed by atoms with Crippen molar-refractivity contribution in [2.75, 3.05) is 12.8 Å². The second kappa shape index (κ2) is 8.28. The van der Waals surface area contributed by atoms with Crippen molar-refractivity contribution in [3.8, 4) is 0 Å². The van der Waals surface area contributed by atoms with Gasteiger partial charge in [-0.05, 0) is 41.9 Å². The van der Waals surface area contributed by atoms with Gasteiger partial charge in [-0.3, -0.25) is 19.6 Å². The second-order valence-corrected chi connectivity index (χ2v) is 8.04. The maximum atomic E-state index is 13.4. The molecule has 12 heteroatoms. The van der Waals surface area contributed by atoms with Crippen molar-refractivity contribution in [1.82, 2.24) is 24.4 Å². The van der Waals surface area contributed by atoms with E-state index in [1.807, 2.05) is 0 Å². The molecule has 0 radical (unpaired) electrons. The SMILES string of the molecule is CC(=O)N(C)N(Cc1ccc(C(F)(F)F)cn1)C(=O)c1ccc2nc(N)c3sncc3c2c1. The molecule has 2 amide bonds. The molecule has 0 atom stereocenters. The fourth-order valence-corrected chi connectivity index (χ4v) is 3.91. The Morgan fingerprint density at radius 1 is 1.12 bits per heavy atom. The molecular formula is C21H17F3N6O2S. The molecule has 0 aliphatic carbocycles. The van der Waals surface area contributed by atoms with Crippen LogP contribution in [0.1, 0.15) is 28.5 Å². The van der Waals surface area contributed by atoms with Gasteiger partial charge in [-0.1, -0.05) is 0 Å². The monoisotopic (exact) mass is 474 g/mol. The van der Waals surface area contributed by atoms with E-state index in [0.29, 0.717) is 27.6 Å². The Bertz CT molecular complexity index is 1370. The second-order valence-electron chi connectivity index (χ2n) is 7.24. The Morgan fingerprint density at radius 3 is 2.52 bits per heavy atom. The fourth-order valence-electron chi connectivity index (χ4n) is 3.25. The zero-order valence-corrected chi connectivity index (χ0v) is 18.2. The molecule has 0 spiro atoms. The minimum absolute atomic E-state index is 0.184. The van der Waals surface area contributed by atoms with E-state index in [0.717, 1.165) is 21.5 Å². The van der Waals surface area contributed by atoms with Gasteiger partial charge in [0.1, 0.15) is 5.82 Å². The van der Waals surface area contributed by atoms with Crippen LogP contribution in [-0.4, -0.2) is 43.2 Å². The number of nitrogens with zero attached hydrogens (tertiary/aromatic N) is 5. The van der Waals surface area contributed by atoms with E-state index in [4.69, 9.17) is 5.73 Å². The van der Waals surface area contributed by atoms with E-state index in [1.54, 1.807) is 24.4 Å². The lowest BCUT2D eigenvalue weighted by Crippen LogP contribution is -2.46. The molecule has 0 aliphatic rings. The third-order valence-corrected chi connectivity index (χ3v) is 5.92. The number of carbonyl (C=O) groups is 2. The van der Waals surface area contributed by atoms with Crippen LogP contribution in [-0.2, 0) is 17.5 Å². The molecule has 1 aromatic carbocycles. The van der Waals surface area contributed by atoms with Gasteiger partial charge in [0, 0.05) is 42.7 Å². The van der Waals surface area contributed by atoms with E-state index >= 15 is 0 Å². The summed E-state index contributed by atoms with van der Waals surface area (Å²) in [4.78, 5) is 33.5. The van der Waals surface area contributed by atoms with Crippen LogP contribution in [0.2, 0.25) is 0 Å². The topological polar surface area (TPSA) is 105 Å². The number of pyridine rings is 2. The minimum atomic E-state index is -4.53. The van der Waals surface area contributed by atoms with Crippen LogP contribution in [0.25, 0.3) is 21.0 Å². The van der Waals surface area contributed by atoms with E-state index < -0.39 is 23.6 Å². The predicted octanol–water partition coefficient (Wildman–Crippen LogP) is 3.88. The van der Waals surface area contributed by atoms with Crippen molar-refractivity contribution in [2.45, 2.75) is 19.6 Å². The van der Waals surface area contributed by atoms with Crippen LogP contribution in [0.5, 0.6) is 0 Å². The van der Waals surface area contributed by atoms with Gasteiger partial charge in [-0.15, -0.1) is 0 Å². The molecule has 0 saturated carbocycles. The summed E-state index contributed by atoms with van der Waals surface area (Å²) < 4.78 is 43.3. The molecule has 33 heavy (non-hydrogen) atoms. The van der Waals surface area contributed by atoms with Gasteiger partial charge in [0.15, 0.2) is 0 Å². The number of anilines is 1. The quantitative estimate of drug-likeness (QED) is 0.452. The first-order chi connectivity index (χ1) is 15.6. The molecule has 8 nitrogen and oxygen atoms in total. The largest absolute Gasteiger partial charge is 0.417 e. The highest BCUT2D eigenvalue weighted by Crippen LogP contribution is 2.31. The molecule has 3 aromatic heterocycles. The number of halogens is 3. The molecule has 0 bridgehead atoms. The van der Waals surface area contributed by atoms with Crippen LogP contribution >= 0.6 is 11.5 Å². The third kappa shape index (κ3) is 4.29. The van der Waals surface area contributed by atoms with Gasteiger partial charge >= 0.3 is 6.18 Å². The first-order valence-corrected chi connectivity index (χ1v) is 10.4. The first kappa shape index (κ1) is 22.4. The van der Waals surface area contributed by atoms with Crippen molar-refractivity contribution in [3.63, 3.8) is 0 Å². The number of hydrogen-bond acceptors (Lipinski definition) is 7. The van der Waals surface area contributed by atoms with Crippen molar-refractivity contribution < 1.29 is 22.8 Å². The van der Waals surface area contributed by atoms with Gasteiger partial charge < -0.3 is 5.73 Å². The lowest BCUT2D eigenvalue weighted by molar-refractivity contribution is -0.140. The molecule has 4 aromatic rings. The Labute approximate surface area is 189 Å². The lowest BCUT2D eigenvalue weighted by Gasteiger charge is -2.31. The molecule has 170 valence electrons. The van der Waals surface area contributed by atoms with Crippen LogP contribution in [0.4, 0.5) is 19.0 Å². The molecule has 0 unspecified atom stereocenters. The number of nitrogen functional groups attached to an aromatic ring is 1. The summed E-state index contributed by atoms with van der Waals surface area (Å²) in [5.74, 6) is -0.634.